The topological polar surface area (TPSA) is 71.1 Å². The van der Waals surface area contributed by atoms with E-state index in [0.717, 1.165) is 65.9 Å². The van der Waals surface area contributed by atoms with Gasteiger partial charge >= 0.3 is 0 Å². The Kier molecular flexibility index (Phi) is 8.74. The van der Waals surface area contributed by atoms with E-state index >= 15 is 0 Å². The third-order valence-corrected chi connectivity index (χ3v) is 10.2. The van der Waals surface area contributed by atoms with Gasteiger partial charge in [0, 0.05) is 36.3 Å². The molecule has 48 heavy (non-hydrogen) atoms. The summed E-state index contributed by atoms with van der Waals surface area (Å²) in [5.74, 6) is 5.77. The third-order valence-electron chi connectivity index (χ3n) is 10.2. The number of rotatable bonds is 5. The molecular formula is C39H44N2O7. The van der Waals surface area contributed by atoms with Crippen molar-refractivity contribution in [2.75, 3.05) is 62.7 Å². The van der Waals surface area contributed by atoms with Gasteiger partial charge in [-0.25, -0.2) is 0 Å². The van der Waals surface area contributed by atoms with E-state index in [1.165, 1.54) is 5.56 Å². The van der Waals surface area contributed by atoms with Gasteiger partial charge in [-0.15, -0.1) is 0 Å². The van der Waals surface area contributed by atoms with Crippen molar-refractivity contribution < 1.29 is 33.2 Å². The molecule has 0 radical (unpaired) electrons. The highest BCUT2D eigenvalue weighted by molar-refractivity contribution is 5.67. The first-order valence-corrected chi connectivity index (χ1v) is 16.4. The molecule has 252 valence electrons. The molecule has 8 bridgehead atoms. The molecule has 0 unspecified atom stereocenters. The van der Waals surface area contributed by atoms with E-state index in [-0.39, 0.29) is 12.1 Å². The number of fused-ring (bicyclic) bond motifs is 2. The van der Waals surface area contributed by atoms with Gasteiger partial charge < -0.3 is 33.2 Å². The second kappa shape index (κ2) is 13.1. The Morgan fingerprint density at radius 2 is 1.23 bits per heavy atom. The summed E-state index contributed by atoms with van der Waals surface area (Å²) < 4.78 is 43.5. The summed E-state index contributed by atoms with van der Waals surface area (Å²) in [6.45, 7) is 1.74. The third kappa shape index (κ3) is 5.54. The monoisotopic (exact) mass is 652 g/mol. The van der Waals surface area contributed by atoms with Crippen molar-refractivity contribution in [2.24, 2.45) is 0 Å². The van der Waals surface area contributed by atoms with Crippen LogP contribution in [0.2, 0.25) is 0 Å². The van der Waals surface area contributed by atoms with Gasteiger partial charge in [0.15, 0.2) is 34.5 Å². The van der Waals surface area contributed by atoms with Crippen LogP contribution >= 0.6 is 0 Å². The molecule has 0 fully saturated rings. The van der Waals surface area contributed by atoms with Crippen LogP contribution in [-0.2, 0) is 25.7 Å². The van der Waals surface area contributed by atoms with Gasteiger partial charge in [-0.1, -0.05) is 18.2 Å². The largest absolute Gasteiger partial charge is 0.493 e. The fourth-order valence-corrected chi connectivity index (χ4v) is 7.56. The van der Waals surface area contributed by atoms with Crippen LogP contribution in [0.15, 0.2) is 54.6 Å². The van der Waals surface area contributed by atoms with E-state index in [9.17, 15) is 0 Å². The van der Waals surface area contributed by atoms with Gasteiger partial charge in [0.1, 0.15) is 5.75 Å². The normalized spacial score (nSPS) is 18.8. The van der Waals surface area contributed by atoms with Crippen molar-refractivity contribution in [1.82, 2.24) is 9.80 Å². The van der Waals surface area contributed by atoms with E-state index in [2.05, 4.69) is 60.3 Å². The van der Waals surface area contributed by atoms with Gasteiger partial charge in [-0.05, 0) is 98.4 Å². The van der Waals surface area contributed by atoms with Crippen molar-refractivity contribution >= 4 is 0 Å². The van der Waals surface area contributed by atoms with E-state index in [1.807, 2.05) is 18.2 Å². The minimum Gasteiger partial charge on any atom is -0.493 e. The average Bonchev–Trinajstić information content (AvgIpc) is 3.10. The first-order valence-electron chi connectivity index (χ1n) is 16.4. The Balaban J connectivity index is 1.51. The number of benzene rings is 4. The van der Waals surface area contributed by atoms with Crippen molar-refractivity contribution in [1.29, 1.82) is 0 Å². The number of hydrogen-bond acceptors (Lipinski definition) is 9. The molecule has 0 N–H and O–H groups in total. The number of ether oxygens (including phenoxy) is 7. The van der Waals surface area contributed by atoms with Crippen LogP contribution in [0.3, 0.4) is 0 Å². The molecule has 4 aromatic rings. The Hall–Kier alpha value is -4.60. The molecule has 0 aromatic heterocycles. The van der Waals surface area contributed by atoms with Crippen LogP contribution in [0.1, 0.15) is 45.5 Å². The van der Waals surface area contributed by atoms with Gasteiger partial charge in [0.2, 0.25) is 11.5 Å². The molecule has 4 heterocycles. The summed E-state index contributed by atoms with van der Waals surface area (Å²) in [6.07, 6.45) is 3.13. The van der Waals surface area contributed by atoms with Crippen molar-refractivity contribution in [3.63, 3.8) is 0 Å². The van der Waals surface area contributed by atoms with Crippen molar-refractivity contribution in [3.8, 4) is 51.7 Å². The Morgan fingerprint density at radius 3 is 1.94 bits per heavy atom. The Labute approximate surface area is 282 Å². The lowest BCUT2D eigenvalue weighted by atomic mass is 9.86. The molecule has 0 spiro atoms. The number of nitrogens with zero attached hydrogens (tertiary/aromatic N) is 2. The van der Waals surface area contributed by atoms with Crippen LogP contribution in [0.25, 0.3) is 0 Å². The molecular weight excluding hydrogens is 608 g/mol. The van der Waals surface area contributed by atoms with Crippen LogP contribution in [0.4, 0.5) is 0 Å². The zero-order valence-corrected chi connectivity index (χ0v) is 28.8. The van der Waals surface area contributed by atoms with Gasteiger partial charge in [-0.3, -0.25) is 9.80 Å². The number of hydrogen-bond donors (Lipinski definition) is 0. The summed E-state index contributed by atoms with van der Waals surface area (Å²) in [4.78, 5) is 4.78. The highest BCUT2D eigenvalue weighted by Gasteiger charge is 2.36. The van der Waals surface area contributed by atoms with Gasteiger partial charge in [0.25, 0.3) is 0 Å². The highest BCUT2D eigenvalue weighted by atomic mass is 16.6. The summed E-state index contributed by atoms with van der Waals surface area (Å²) in [5.41, 5.74) is 6.80. The van der Waals surface area contributed by atoms with Gasteiger partial charge in [0.05, 0.1) is 35.5 Å². The molecule has 0 amide bonds. The maximum atomic E-state index is 7.22. The van der Waals surface area contributed by atoms with Crippen molar-refractivity contribution in [3.05, 3.63) is 88.0 Å². The minimum absolute atomic E-state index is 0.0331. The molecule has 4 aromatic carbocycles. The number of likely N-dealkylation sites (N-methyl/N-ethyl adjacent to an activating group) is 2. The van der Waals surface area contributed by atoms with Crippen LogP contribution in [-0.4, -0.2) is 72.5 Å². The zero-order valence-electron chi connectivity index (χ0n) is 28.8. The molecule has 9 nitrogen and oxygen atoms in total. The lowest BCUT2D eigenvalue weighted by Crippen LogP contribution is -2.34. The second-order valence-corrected chi connectivity index (χ2v) is 12.8. The maximum absolute atomic E-state index is 7.22. The SMILES string of the molecule is COc1ccc2cc1Oc1ccc(cc1)C[C@H]1c3cc(OC)c(OC)c(c3CCN1C)Oc1c(OC)c(OC)cc3c1[C@@H](C2)N(C)CC3. The van der Waals surface area contributed by atoms with E-state index in [1.54, 1.807) is 35.5 Å². The zero-order chi connectivity index (χ0) is 33.5. The minimum atomic E-state index is -0.0331. The fourth-order valence-electron chi connectivity index (χ4n) is 7.56. The van der Waals surface area contributed by atoms with Crippen LogP contribution in [0, 0.1) is 0 Å². The quantitative estimate of drug-likeness (QED) is 0.223. The predicted molar refractivity (Wildman–Crippen MR) is 184 cm³/mol. The first kappa shape index (κ1) is 32.0. The fraction of sp³-hybridized carbons (Fsp3) is 0.385. The predicted octanol–water partition coefficient (Wildman–Crippen LogP) is 7.17. The van der Waals surface area contributed by atoms with E-state index < -0.39 is 0 Å². The maximum Gasteiger partial charge on any atom is 0.204 e. The standard InChI is InChI=1S/C39H44N2O7/c1-40-17-15-27-28-22-34(44-5)37(45-6)36(27)48-39-35-25(21-33(43-4)38(39)46-7)14-16-41(2)30(35)19-24-10-13-31(42-3)32(20-24)47-26-11-8-23(9-12-26)18-29(28)40/h8-13,20-22,29-30H,14-19H2,1-7H3/t29-,30+/m0/s1. The van der Waals surface area contributed by atoms with Crippen LogP contribution < -0.4 is 33.2 Å². The Bertz CT molecular complexity index is 1820. The number of methoxy groups -OCH3 is 5. The second-order valence-electron chi connectivity index (χ2n) is 12.8. The average molecular weight is 653 g/mol. The van der Waals surface area contributed by atoms with Crippen LogP contribution in [0.5, 0.6) is 51.7 Å². The molecule has 8 rings (SSSR count). The van der Waals surface area contributed by atoms with E-state index in [0.29, 0.717) is 52.4 Å². The van der Waals surface area contributed by atoms with Crippen molar-refractivity contribution in [2.45, 2.75) is 37.8 Å². The molecule has 0 saturated carbocycles. The summed E-state index contributed by atoms with van der Waals surface area (Å²) in [6, 6.07) is 18.8. The molecule has 0 saturated heterocycles. The molecule has 2 atom stereocenters. The lowest BCUT2D eigenvalue weighted by molar-refractivity contribution is 0.217. The first-order chi connectivity index (χ1) is 23.4. The summed E-state index contributed by atoms with van der Waals surface area (Å²) >= 11 is 0. The molecule has 4 aliphatic heterocycles. The molecule has 9 heteroatoms. The van der Waals surface area contributed by atoms with Gasteiger partial charge in [-0.2, -0.15) is 0 Å². The highest BCUT2D eigenvalue weighted by Crippen LogP contribution is 2.54. The smallest absolute Gasteiger partial charge is 0.204 e. The Morgan fingerprint density at radius 1 is 0.604 bits per heavy atom. The summed E-state index contributed by atoms with van der Waals surface area (Å²) in [5, 5.41) is 0. The summed E-state index contributed by atoms with van der Waals surface area (Å²) in [7, 11) is 12.7. The molecule has 0 aliphatic carbocycles. The lowest BCUT2D eigenvalue weighted by Gasteiger charge is -2.38. The van der Waals surface area contributed by atoms with E-state index in [4.69, 9.17) is 33.2 Å². The molecule has 4 aliphatic rings.